The molecule has 1 fully saturated rings. The van der Waals surface area contributed by atoms with E-state index in [-0.39, 0.29) is 24.0 Å². The first-order valence-electron chi connectivity index (χ1n) is 11.3. The summed E-state index contributed by atoms with van der Waals surface area (Å²) in [7, 11) is -2.76. The Labute approximate surface area is 207 Å². The lowest BCUT2D eigenvalue weighted by Gasteiger charge is -2.25. The minimum absolute atomic E-state index is 0.200. The van der Waals surface area contributed by atoms with Crippen LogP contribution in [0.3, 0.4) is 0 Å². The van der Waals surface area contributed by atoms with E-state index in [9.17, 15) is 21.6 Å². The molecule has 12 heteroatoms. The van der Waals surface area contributed by atoms with E-state index < -0.39 is 20.2 Å². The largest absolute Gasteiger partial charge is 0.492 e. The van der Waals surface area contributed by atoms with Crippen LogP contribution in [0.1, 0.15) is 29.6 Å². The normalized spacial score (nSPS) is 15.1. The average molecular weight is 525 g/mol. The molecular formula is C23H32N4O6S2. The molecule has 0 radical (unpaired) electrons. The van der Waals surface area contributed by atoms with Crippen LogP contribution in [0.5, 0.6) is 5.75 Å². The van der Waals surface area contributed by atoms with Crippen LogP contribution in [-0.4, -0.2) is 78.7 Å². The second kappa shape index (κ2) is 11.4. The lowest BCUT2D eigenvalue weighted by molar-refractivity contribution is 0.0947. The van der Waals surface area contributed by atoms with Crippen LogP contribution in [0.15, 0.2) is 53.4 Å². The Morgan fingerprint density at radius 3 is 2.09 bits per heavy atom. The summed E-state index contributed by atoms with van der Waals surface area (Å²) in [5, 5.41) is 2.74. The van der Waals surface area contributed by atoms with Crippen molar-refractivity contribution in [2.45, 2.75) is 24.2 Å². The Morgan fingerprint density at radius 1 is 0.914 bits per heavy atom. The van der Waals surface area contributed by atoms with Crippen LogP contribution < -0.4 is 14.4 Å². The first kappa shape index (κ1) is 26.9. The summed E-state index contributed by atoms with van der Waals surface area (Å²) in [6.45, 7) is 1.54. The van der Waals surface area contributed by atoms with Crippen LogP contribution in [0, 0.1) is 0 Å². The second-order valence-corrected chi connectivity index (χ2v) is 12.5. The number of amides is 1. The number of ether oxygens (including phenoxy) is 1. The number of rotatable bonds is 10. The van der Waals surface area contributed by atoms with Crippen LogP contribution in [0.25, 0.3) is 0 Å². The van der Waals surface area contributed by atoms with Gasteiger partial charge in [0.25, 0.3) is 5.91 Å². The van der Waals surface area contributed by atoms with Gasteiger partial charge in [0.2, 0.25) is 10.0 Å². The molecule has 1 saturated heterocycles. The maximum absolute atomic E-state index is 12.7. The zero-order valence-electron chi connectivity index (χ0n) is 20.2. The molecule has 0 unspecified atom stereocenters. The predicted molar refractivity (Wildman–Crippen MR) is 134 cm³/mol. The number of carbonyl (C=O) groups is 1. The van der Waals surface area contributed by atoms with Gasteiger partial charge in [0.1, 0.15) is 12.4 Å². The molecule has 0 saturated carbocycles. The van der Waals surface area contributed by atoms with E-state index in [4.69, 9.17) is 4.74 Å². The minimum Gasteiger partial charge on any atom is -0.492 e. The molecule has 2 aromatic carbocycles. The molecule has 0 bridgehead atoms. The summed E-state index contributed by atoms with van der Waals surface area (Å²) in [5.41, 5.74) is 0.820. The van der Waals surface area contributed by atoms with Crippen molar-refractivity contribution in [1.29, 1.82) is 0 Å². The van der Waals surface area contributed by atoms with E-state index >= 15 is 0 Å². The highest BCUT2D eigenvalue weighted by Crippen LogP contribution is 2.23. The molecule has 1 amide bonds. The highest BCUT2D eigenvalue weighted by atomic mass is 32.2. The van der Waals surface area contributed by atoms with Crippen LogP contribution in [0.2, 0.25) is 0 Å². The molecule has 35 heavy (non-hydrogen) atoms. The number of piperidine rings is 1. The maximum atomic E-state index is 12.7. The molecule has 1 heterocycles. The summed E-state index contributed by atoms with van der Waals surface area (Å²) in [5.74, 6) is 0.188. The fourth-order valence-corrected chi connectivity index (χ4v) is 5.99. The third-order valence-electron chi connectivity index (χ3n) is 5.73. The fraction of sp³-hybridized carbons (Fsp3) is 0.435. The number of nitrogens with one attached hydrogen (secondary N) is 1. The highest BCUT2D eigenvalue weighted by molar-refractivity contribution is 7.90. The average Bonchev–Trinajstić information content (AvgIpc) is 2.86. The van der Waals surface area contributed by atoms with Gasteiger partial charge in [0, 0.05) is 39.8 Å². The summed E-state index contributed by atoms with van der Waals surface area (Å²) in [6.07, 6.45) is 2.82. The zero-order valence-corrected chi connectivity index (χ0v) is 21.8. The summed E-state index contributed by atoms with van der Waals surface area (Å²) < 4.78 is 59.2. The van der Waals surface area contributed by atoms with Gasteiger partial charge in [-0.25, -0.2) is 8.42 Å². The van der Waals surface area contributed by atoms with Crippen molar-refractivity contribution < 1.29 is 26.4 Å². The van der Waals surface area contributed by atoms with Crippen LogP contribution >= 0.6 is 0 Å². The van der Waals surface area contributed by atoms with Gasteiger partial charge in [-0.2, -0.15) is 17.0 Å². The first-order chi connectivity index (χ1) is 16.5. The smallest absolute Gasteiger partial charge is 0.303 e. The number of carbonyl (C=O) groups excluding carboxylic acids is 1. The van der Waals surface area contributed by atoms with Gasteiger partial charge in [-0.3, -0.25) is 9.10 Å². The molecular weight excluding hydrogens is 492 g/mol. The van der Waals surface area contributed by atoms with Crippen LogP contribution in [-0.2, 0) is 20.2 Å². The van der Waals surface area contributed by atoms with Crippen molar-refractivity contribution in [3.63, 3.8) is 0 Å². The number of nitrogens with zero attached hydrogens (tertiary/aromatic N) is 3. The molecule has 0 spiro atoms. The molecule has 10 nitrogen and oxygen atoms in total. The van der Waals surface area contributed by atoms with Gasteiger partial charge in [0.15, 0.2) is 0 Å². The van der Waals surface area contributed by atoms with E-state index in [1.54, 1.807) is 36.4 Å². The van der Waals surface area contributed by atoms with E-state index in [1.807, 2.05) is 0 Å². The molecule has 2 aromatic rings. The predicted octanol–water partition coefficient (Wildman–Crippen LogP) is 1.91. The van der Waals surface area contributed by atoms with Crippen molar-refractivity contribution in [2.24, 2.45) is 0 Å². The number of sulfonamides is 1. The van der Waals surface area contributed by atoms with Crippen LogP contribution in [0.4, 0.5) is 5.69 Å². The Bertz CT molecular complexity index is 1210. The third kappa shape index (κ3) is 6.51. The van der Waals surface area contributed by atoms with Gasteiger partial charge in [-0.1, -0.05) is 6.42 Å². The summed E-state index contributed by atoms with van der Waals surface area (Å²) in [6, 6.07) is 12.5. The van der Waals surface area contributed by atoms with Crippen molar-refractivity contribution in [2.75, 3.05) is 51.7 Å². The molecule has 0 aromatic heterocycles. The first-order valence-corrected chi connectivity index (χ1v) is 14.1. The van der Waals surface area contributed by atoms with Crippen molar-refractivity contribution >= 4 is 31.8 Å². The topological polar surface area (TPSA) is 116 Å². The summed E-state index contributed by atoms with van der Waals surface area (Å²) >= 11 is 0. The SMILES string of the molecule is CN(C)S(=O)(=O)N(C)c1ccc(C(=O)NCCOc2ccc(S(=O)(=O)N3CCCCC3)cc2)cc1. The molecule has 1 N–H and O–H groups in total. The lowest BCUT2D eigenvalue weighted by atomic mass is 10.2. The van der Waals surface area contributed by atoms with Gasteiger partial charge in [-0.05, 0) is 61.4 Å². The molecule has 1 aliphatic rings. The third-order valence-corrected chi connectivity index (χ3v) is 9.47. The Hall–Kier alpha value is -2.67. The molecule has 1 aliphatic heterocycles. The number of benzene rings is 2. The quantitative estimate of drug-likeness (QED) is 0.475. The zero-order chi connectivity index (χ0) is 25.6. The Kier molecular flexibility index (Phi) is 8.75. The fourth-order valence-electron chi connectivity index (χ4n) is 3.60. The molecule has 0 atom stereocenters. The Morgan fingerprint density at radius 2 is 1.51 bits per heavy atom. The lowest BCUT2D eigenvalue weighted by Crippen LogP contribution is -2.37. The van der Waals surface area contributed by atoms with Gasteiger partial charge >= 0.3 is 10.2 Å². The highest BCUT2D eigenvalue weighted by Gasteiger charge is 2.25. The van der Waals surface area contributed by atoms with Gasteiger partial charge in [0.05, 0.1) is 17.1 Å². The summed E-state index contributed by atoms with van der Waals surface area (Å²) in [4.78, 5) is 12.6. The molecule has 192 valence electrons. The van der Waals surface area contributed by atoms with Crippen molar-refractivity contribution in [1.82, 2.24) is 13.9 Å². The molecule has 0 aliphatic carbocycles. The van der Waals surface area contributed by atoms with E-state index in [0.29, 0.717) is 30.1 Å². The van der Waals surface area contributed by atoms with Gasteiger partial charge < -0.3 is 10.1 Å². The monoisotopic (exact) mass is 524 g/mol. The van der Waals surface area contributed by atoms with E-state index in [1.165, 1.54) is 37.6 Å². The standard InChI is InChI=1S/C23H32N4O6S2/c1-25(2)35(31,32)26(3)20-9-7-19(8-10-20)23(28)24-15-18-33-21-11-13-22(14-12-21)34(29,30)27-16-5-4-6-17-27/h7-14H,4-6,15-18H2,1-3H3,(H,24,28). The van der Waals surface area contributed by atoms with Crippen molar-refractivity contribution in [3.05, 3.63) is 54.1 Å². The minimum atomic E-state index is -3.61. The van der Waals surface area contributed by atoms with Gasteiger partial charge in [-0.15, -0.1) is 0 Å². The van der Waals surface area contributed by atoms with E-state index in [2.05, 4.69) is 5.32 Å². The number of hydrogen-bond acceptors (Lipinski definition) is 6. The van der Waals surface area contributed by atoms with Crippen molar-refractivity contribution in [3.8, 4) is 5.75 Å². The maximum Gasteiger partial charge on any atom is 0.303 e. The Balaban J connectivity index is 1.48. The second-order valence-electron chi connectivity index (χ2n) is 8.35. The molecule has 3 rings (SSSR count). The number of anilines is 1. The van der Waals surface area contributed by atoms with E-state index in [0.717, 1.165) is 27.9 Å². The number of hydrogen-bond donors (Lipinski definition) is 1.